The van der Waals surface area contributed by atoms with Crippen molar-refractivity contribution in [3.05, 3.63) is 70.8 Å². The molecule has 0 saturated heterocycles. The zero-order valence-electron chi connectivity index (χ0n) is 15.2. The van der Waals surface area contributed by atoms with Gasteiger partial charge in [-0.2, -0.15) is 15.6 Å². The molecule has 7 heteroatoms. The molecule has 2 aromatic carbocycles. The Hall–Kier alpha value is -3.71. The van der Waals surface area contributed by atoms with Gasteiger partial charge in [0.25, 0.3) is 11.8 Å². The van der Waals surface area contributed by atoms with Crippen molar-refractivity contribution in [1.82, 2.24) is 10.4 Å². The standard InChI is InChI=1S/C21H19FN4O2/c22-26(21(28)19-9-5-7-17(13-19)15-24)11-3-1-2-10-25-20(27)18-8-4-6-16(12-18)14-23/h4-9,12-13H,1-3,10-11H2,(H,25,27). The van der Waals surface area contributed by atoms with E-state index in [4.69, 9.17) is 10.5 Å². The predicted octanol–water partition coefficient (Wildman–Crippen LogP) is 3.36. The number of nitrogens with zero attached hydrogens (tertiary/aromatic N) is 3. The maximum atomic E-state index is 14.0. The van der Waals surface area contributed by atoms with Crippen molar-refractivity contribution in [2.75, 3.05) is 13.1 Å². The second-order valence-electron chi connectivity index (χ2n) is 6.09. The van der Waals surface area contributed by atoms with Gasteiger partial charge in [0.1, 0.15) is 0 Å². The van der Waals surface area contributed by atoms with E-state index in [-0.39, 0.29) is 23.1 Å². The predicted molar refractivity (Wildman–Crippen MR) is 101 cm³/mol. The van der Waals surface area contributed by atoms with Crippen LogP contribution in [0, 0.1) is 22.7 Å². The Morgan fingerprint density at radius 2 is 1.54 bits per heavy atom. The summed E-state index contributed by atoms with van der Waals surface area (Å²) in [6.45, 7) is 0.355. The van der Waals surface area contributed by atoms with Gasteiger partial charge in [-0.3, -0.25) is 9.59 Å². The smallest absolute Gasteiger partial charge is 0.281 e. The zero-order valence-corrected chi connectivity index (χ0v) is 15.2. The summed E-state index contributed by atoms with van der Waals surface area (Å²) in [5.74, 6) is -1.04. The fourth-order valence-electron chi connectivity index (χ4n) is 2.55. The molecule has 0 unspecified atom stereocenters. The highest BCUT2D eigenvalue weighted by atomic mass is 19.2. The van der Waals surface area contributed by atoms with Crippen LogP contribution in [0.15, 0.2) is 48.5 Å². The van der Waals surface area contributed by atoms with Crippen LogP contribution in [0.1, 0.15) is 51.1 Å². The molecule has 0 fully saturated rings. The lowest BCUT2D eigenvalue weighted by Crippen LogP contribution is -2.25. The maximum Gasteiger partial charge on any atom is 0.281 e. The largest absolute Gasteiger partial charge is 0.352 e. The summed E-state index contributed by atoms with van der Waals surface area (Å²) in [6.07, 6.45) is 1.71. The Kier molecular flexibility index (Phi) is 7.68. The van der Waals surface area contributed by atoms with Crippen LogP contribution in [0.3, 0.4) is 0 Å². The van der Waals surface area contributed by atoms with Crippen LogP contribution in [0.4, 0.5) is 4.48 Å². The minimum absolute atomic E-state index is 0.0617. The van der Waals surface area contributed by atoms with Crippen molar-refractivity contribution in [2.24, 2.45) is 0 Å². The lowest BCUT2D eigenvalue weighted by molar-refractivity contribution is 0.0187. The topological polar surface area (TPSA) is 97.0 Å². The molecule has 28 heavy (non-hydrogen) atoms. The Morgan fingerprint density at radius 3 is 2.18 bits per heavy atom. The number of unbranched alkanes of at least 4 members (excludes halogenated alkanes) is 2. The third kappa shape index (κ3) is 5.93. The number of nitriles is 2. The number of rotatable bonds is 8. The van der Waals surface area contributed by atoms with Crippen LogP contribution in [0.25, 0.3) is 0 Å². The van der Waals surface area contributed by atoms with Gasteiger partial charge in [0.15, 0.2) is 0 Å². The molecular weight excluding hydrogens is 359 g/mol. The third-order valence-corrected chi connectivity index (χ3v) is 4.03. The summed E-state index contributed by atoms with van der Waals surface area (Å²) in [6, 6.07) is 16.2. The molecular formula is C21H19FN4O2. The monoisotopic (exact) mass is 378 g/mol. The quantitative estimate of drug-likeness (QED) is 0.563. The van der Waals surface area contributed by atoms with E-state index in [1.54, 1.807) is 24.3 Å². The molecule has 142 valence electrons. The van der Waals surface area contributed by atoms with E-state index >= 15 is 0 Å². The Labute approximate surface area is 162 Å². The zero-order chi connectivity index (χ0) is 20.4. The average molecular weight is 378 g/mol. The number of hydrogen-bond donors (Lipinski definition) is 1. The normalized spacial score (nSPS) is 9.82. The summed E-state index contributed by atoms with van der Waals surface area (Å²) < 4.78 is 14.0. The van der Waals surface area contributed by atoms with Crippen molar-refractivity contribution in [2.45, 2.75) is 19.3 Å². The highest BCUT2D eigenvalue weighted by molar-refractivity contribution is 5.94. The van der Waals surface area contributed by atoms with Crippen LogP contribution in [-0.2, 0) is 0 Å². The van der Waals surface area contributed by atoms with Gasteiger partial charge in [0.2, 0.25) is 0 Å². The molecule has 0 aliphatic rings. The number of carbonyl (C=O) groups is 2. The summed E-state index contributed by atoms with van der Waals surface area (Å²) in [4.78, 5) is 24.0. The summed E-state index contributed by atoms with van der Waals surface area (Å²) in [7, 11) is 0. The van der Waals surface area contributed by atoms with Crippen LogP contribution >= 0.6 is 0 Å². The van der Waals surface area contributed by atoms with Crippen LogP contribution in [0.5, 0.6) is 0 Å². The summed E-state index contributed by atoms with van der Waals surface area (Å²) in [5, 5.41) is 20.6. The number of carbonyl (C=O) groups excluding carboxylic acids is 2. The van der Waals surface area contributed by atoms with Gasteiger partial charge < -0.3 is 5.32 Å². The van der Waals surface area contributed by atoms with E-state index in [0.717, 1.165) is 0 Å². The minimum atomic E-state index is -0.775. The maximum absolute atomic E-state index is 14.0. The van der Waals surface area contributed by atoms with Gasteiger partial charge in [0, 0.05) is 17.7 Å². The van der Waals surface area contributed by atoms with Crippen molar-refractivity contribution in [1.29, 1.82) is 10.5 Å². The number of benzene rings is 2. The van der Waals surface area contributed by atoms with E-state index in [2.05, 4.69) is 5.32 Å². The summed E-state index contributed by atoms with van der Waals surface area (Å²) >= 11 is 0. The second-order valence-corrected chi connectivity index (χ2v) is 6.09. The number of halogens is 1. The molecule has 0 aliphatic carbocycles. The number of hydrogen-bond acceptors (Lipinski definition) is 4. The molecule has 1 N–H and O–H groups in total. The van der Waals surface area contributed by atoms with Gasteiger partial charge in [-0.15, -0.1) is 0 Å². The molecule has 2 aromatic rings. The minimum Gasteiger partial charge on any atom is -0.352 e. The molecule has 0 bridgehead atoms. The van der Waals surface area contributed by atoms with Gasteiger partial charge in [0.05, 0.1) is 29.8 Å². The van der Waals surface area contributed by atoms with Crippen molar-refractivity contribution in [3.63, 3.8) is 0 Å². The Balaban J connectivity index is 1.68. The molecule has 2 amide bonds. The van der Waals surface area contributed by atoms with Gasteiger partial charge in [-0.25, -0.2) is 0 Å². The molecule has 0 heterocycles. The van der Waals surface area contributed by atoms with Crippen LogP contribution in [0.2, 0.25) is 0 Å². The Morgan fingerprint density at radius 1 is 0.929 bits per heavy atom. The van der Waals surface area contributed by atoms with Gasteiger partial charge in [-0.1, -0.05) is 16.6 Å². The van der Waals surface area contributed by atoms with E-state index < -0.39 is 5.91 Å². The third-order valence-electron chi connectivity index (χ3n) is 4.03. The summed E-state index contributed by atoms with van der Waals surface area (Å²) in [5.41, 5.74) is 1.27. The average Bonchev–Trinajstić information content (AvgIpc) is 2.75. The van der Waals surface area contributed by atoms with Crippen molar-refractivity contribution < 1.29 is 14.1 Å². The van der Waals surface area contributed by atoms with Crippen molar-refractivity contribution >= 4 is 11.8 Å². The van der Waals surface area contributed by atoms with Gasteiger partial charge >= 0.3 is 0 Å². The molecule has 0 radical (unpaired) electrons. The molecule has 6 nitrogen and oxygen atoms in total. The molecule has 0 aliphatic heterocycles. The SMILES string of the molecule is N#Cc1cccc(C(=O)NCCCCCN(F)C(=O)c2cccc(C#N)c2)c1. The molecule has 0 aromatic heterocycles. The molecule has 0 saturated carbocycles. The molecule has 2 rings (SSSR count). The number of amides is 2. The Bertz CT molecular complexity index is 930. The lowest BCUT2D eigenvalue weighted by atomic mass is 10.1. The van der Waals surface area contributed by atoms with E-state index in [1.165, 1.54) is 24.3 Å². The molecule has 0 spiro atoms. The highest BCUT2D eigenvalue weighted by Gasteiger charge is 2.15. The second kappa shape index (κ2) is 10.4. The number of nitrogens with one attached hydrogen (secondary N) is 1. The fourth-order valence-corrected chi connectivity index (χ4v) is 2.55. The molecule has 0 atom stereocenters. The van der Waals surface area contributed by atoms with Crippen LogP contribution < -0.4 is 5.32 Å². The first-order valence-corrected chi connectivity index (χ1v) is 8.81. The first-order valence-electron chi connectivity index (χ1n) is 8.81. The lowest BCUT2D eigenvalue weighted by Gasteiger charge is -2.12. The highest BCUT2D eigenvalue weighted by Crippen LogP contribution is 2.10. The van der Waals surface area contributed by atoms with E-state index in [9.17, 15) is 14.1 Å². The fraction of sp³-hybridized carbons (Fsp3) is 0.238. The van der Waals surface area contributed by atoms with E-state index in [1.807, 2.05) is 12.1 Å². The van der Waals surface area contributed by atoms with Crippen LogP contribution in [-0.4, -0.2) is 30.0 Å². The van der Waals surface area contributed by atoms with Gasteiger partial charge in [-0.05, 0) is 55.7 Å². The first-order chi connectivity index (χ1) is 13.5. The first kappa shape index (κ1) is 20.6. The van der Waals surface area contributed by atoms with E-state index in [0.29, 0.717) is 42.5 Å². The van der Waals surface area contributed by atoms with Crippen molar-refractivity contribution in [3.8, 4) is 12.1 Å².